The van der Waals surface area contributed by atoms with Crippen molar-refractivity contribution in [2.24, 2.45) is 11.7 Å². The van der Waals surface area contributed by atoms with Crippen molar-refractivity contribution in [1.82, 2.24) is 4.98 Å². The van der Waals surface area contributed by atoms with Gasteiger partial charge in [0.25, 0.3) is 0 Å². The third kappa shape index (κ3) is 3.81. The minimum Gasteiger partial charge on any atom is -0.492 e. The summed E-state index contributed by atoms with van der Waals surface area (Å²) >= 11 is 0. The van der Waals surface area contributed by atoms with Crippen molar-refractivity contribution in [2.45, 2.75) is 38.6 Å². The predicted octanol–water partition coefficient (Wildman–Crippen LogP) is 2.15. The highest BCUT2D eigenvalue weighted by atomic mass is 16.5. The molecule has 1 aromatic heterocycles. The van der Waals surface area contributed by atoms with Gasteiger partial charge < -0.3 is 10.5 Å². The van der Waals surface area contributed by atoms with Crippen LogP contribution in [0.4, 0.5) is 0 Å². The van der Waals surface area contributed by atoms with Crippen LogP contribution >= 0.6 is 0 Å². The minimum atomic E-state index is 0.161. The number of aromatic nitrogens is 1. The molecule has 1 aromatic rings. The van der Waals surface area contributed by atoms with Crippen LogP contribution in [0.3, 0.4) is 0 Å². The Morgan fingerprint density at radius 2 is 2.31 bits per heavy atom. The van der Waals surface area contributed by atoms with Crippen LogP contribution in [0.1, 0.15) is 31.9 Å². The van der Waals surface area contributed by atoms with E-state index in [2.05, 4.69) is 4.98 Å². The van der Waals surface area contributed by atoms with E-state index in [1.54, 1.807) is 6.20 Å². The van der Waals surface area contributed by atoms with Gasteiger partial charge >= 0.3 is 0 Å². The lowest BCUT2D eigenvalue weighted by Crippen LogP contribution is -2.18. The van der Waals surface area contributed by atoms with Gasteiger partial charge in [0.15, 0.2) is 0 Å². The average molecular weight is 220 g/mol. The third-order valence-electron chi connectivity index (χ3n) is 2.82. The molecule has 1 heterocycles. The number of rotatable bonds is 6. The Kier molecular flexibility index (Phi) is 3.78. The van der Waals surface area contributed by atoms with Gasteiger partial charge in [-0.25, -0.2) is 0 Å². The van der Waals surface area contributed by atoms with Gasteiger partial charge in [-0.1, -0.05) is 12.8 Å². The zero-order valence-electron chi connectivity index (χ0n) is 9.86. The van der Waals surface area contributed by atoms with Crippen molar-refractivity contribution in [2.75, 3.05) is 6.61 Å². The monoisotopic (exact) mass is 220 g/mol. The lowest BCUT2D eigenvalue weighted by Gasteiger charge is -2.07. The lowest BCUT2D eigenvalue weighted by molar-refractivity contribution is 0.301. The molecule has 0 bridgehead atoms. The number of ether oxygens (including phenoxy) is 1. The summed E-state index contributed by atoms with van der Waals surface area (Å²) in [7, 11) is 0. The summed E-state index contributed by atoms with van der Waals surface area (Å²) in [4.78, 5) is 4.33. The first kappa shape index (κ1) is 11.4. The fourth-order valence-corrected chi connectivity index (χ4v) is 1.70. The molecule has 1 unspecified atom stereocenters. The first-order chi connectivity index (χ1) is 7.74. The molecule has 0 saturated heterocycles. The Bertz CT molecular complexity index is 317. The molecule has 0 radical (unpaired) electrons. The Morgan fingerprint density at radius 3 is 2.88 bits per heavy atom. The van der Waals surface area contributed by atoms with E-state index in [0.29, 0.717) is 0 Å². The molecule has 2 N–H and O–H groups in total. The molecule has 0 amide bonds. The van der Waals surface area contributed by atoms with Gasteiger partial charge in [-0.05, 0) is 31.4 Å². The van der Waals surface area contributed by atoms with Gasteiger partial charge in [0.2, 0.25) is 0 Å². The zero-order valence-corrected chi connectivity index (χ0v) is 9.86. The van der Waals surface area contributed by atoms with Gasteiger partial charge in [0.05, 0.1) is 12.8 Å². The zero-order chi connectivity index (χ0) is 11.4. The third-order valence-corrected chi connectivity index (χ3v) is 2.82. The van der Waals surface area contributed by atoms with Crippen molar-refractivity contribution >= 4 is 0 Å². The van der Waals surface area contributed by atoms with E-state index < -0.39 is 0 Å². The van der Waals surface area contributed by atoms with E-state index in [0.717, 1.165) is 30.4 Å². The van der Waals surface area contributed by atoms with Crippen LogP contribution in [-0.4, -0.2) is 17.6 Å². The van der Waals surface area contributed by atoms with Gasteiger partial charge in [-0.3, -0.25) is 4.98 Å². The van der Waals surface area contributed by atoms with Crippen molar-refractivity contribution < 1.29 is 4.74 Å². The summed E-state index contributed by atoms with van der Waals surface area (Å²) in [5.74, 6) is 1.79. The summed E-state index contributed by atoms with van der Waals surface area (Å²) in [5, 5.41) is 0. The molecule has 0 aromatic carbocycles. The number of hydrogen-bond acceptors (Lipinski definition) is 3. The molecule has 1 atom stereocenters. The van der Waals surface area contributed by atoms with E-state index in [4.69, 9.17) is 10.5 Å². The maximum absolute atomic E-state index is 5.71. The Labute approximate surface area is 97.0 Å². The van der Waals surface area contributed by atoms with Crippen molar-refractivity contribution in [1.29, 1.82) is 0 Å². The fourth-order valence-electron chi connectivity index (χ4n) is 1.70. The molecule has 0 aliphatic heterocycles. The van der Waals surface area contributed by atoms with E-state index in [1.807, 2.05) is 19.1 Å². The number of pyridine rings is 1. The molecule has 16 heavy (non-hydrogen) atoms. The number of nitrogens with zero attached hydrogens (tertiary/aromatic N) is 1. The van der Waals surface area contributed by atoms with E-state index in [-0.39, 0.29) is 6.04 Å². The van der Waals surface area contributed by atoms with Crippen LogP contribution < -0.4 is 10.5 Å². The quantitative estimate of drug-likeness (QED) is 0.799. The van der Waals surface area contributed by atoms with Crippen LogP contribution in [0.5, 0.6) is 5.75 Å². The van der Waals surface area contributed by atoms with E-state index in [1.165, 1.54) is 19.3 Å². The molecule has 3 heteroatoms. The summed E-state index contributed by atoms with van der Waals surface area (Å²) in [6.07, 6.45) is 6.57. The highest BCUT2D eigenvalue weighted by molar-refractivity contribution is 5.20. The fraction of sp³-hybridized carbons (Fsp3) is 0.615. The van der Waals surface area contributed by atoms with Gasteiger partial charge in [0.1, 0.15) is 5.75 Å². The first-order valence-corrected chi connectivity index (χ1v) is 6.07. The second-order valence-corrected chi connectivity index (χ2v) is 4.75. The highest BCUT2D eigenvalue weighted by Gasteiger charge is 2.20. The highest BCUT2D eigenvalue weighted by Crippen LogP contribution is 2.32. The Balaban J connectivity index is 1.76. The first-order valence-electron chi connectivity index (χ1n) is 6.07. The molecule has 1 aliphatic carbocycles. The maximum atomic E-state index is 5.71. The largest absolute Gasteiger partial charge is 0.492 e. The van der Waals surface area contributed by atoms with Crippen molar-refractivity contribution in [3.63, 3.8) is 0 Å². The van der Waals surface area contributed by atoms with E-state index >= 15 is 0 Å². The second-order valence-electron chi connectivity index (χ2n) is 4.75. The molecular weight excluding hydrogens is 200 g/mol. The van der Waals surface area contributed by atoms with Crippen LogP contribution in [0, 0.1) is 5.92 Å². The average Bonchev–Trinajstić information content (AvgIpc) is 3.04. The number of nitrogens with two attached hydrogens (primary N) is 1. The summed E-state index contributed by atoms with van der Waals surface area (Å²) in [5.41, 5.74) is 6.74. The summed E-state index contributed by atoms with van der Waals surface area (Å²) in [6.45, 7) is 2.81. The molecule has 0 spiro atoms. The van der Waals surface area contributed by atoms with Crippen molar-refractivity contribution in [3.8, 4) is 5.75 Å². The molecule has 1 fully saturated rings. The van der Waals surface area contributed by atoms with Crippen LogP contribution in [-0.2, 0) is 6.42 Å². The normalized spacial score (nSPS) is 17.1. The summed E-state index contributed by atoms with van der Waals surface area (Å²) in [6, 6.07) is 4.14. The number of hydrogen-bond donors (Lipinski definition) is 1. The Hall–Kier alpha value is -1.09. The topological polar surface area (TPSA) is 48.1 Å². The standard InChI is InChI=1S/C13H20N2O/c1-10(14)8-12-4-5-13(9-15-12)16-7-6-11-2-3-11/h4-5,9-11H,2-3,6-8,14H2,1H3. The SMILES string of the molecule is CC(N)Cc1ccc(OCCC2CC2)cn1. The van der Waals surface area contributed by atoms with Crippen LogP contribution in [0.2, 0.25) is 0 Å². The molecule has 1 saturated carbocycles. The molecule has 1 aliphatic rings. The maximum Gasteiger partial charge on any atom is 0.137 e. The Morgan fingerprint density at radius 1 is 1.50 bits per heavy atom. The molecule has 2 rings (SSSR count). The van der Waals surface area contributed by atoms with Gasteiger partial charge in [0, 0.05) is 18.2 Å². The van der Waals surface area contributed by atoms with Crippen LogP contribution in [0.15, 0.2) is 18.3 Å². The molecule has 88 valence electrons. The molecular formula is C13H20N2O. The molecule has 3 nitrogen and oxygen atoms in total. The van der Waals surface area contributed by atoms with Gasteiger partial charge in [-0.15, -0.1) is 0 Å². The van der Waals surface area contributed by atoms with E-state index in [9.17, 15) is 0 Å². The smallest absolute Gasteiger partial charge is 0.137 e. The second kappa shape index (κ2) is 5.30. The lowest BCUT2D eigenvalue weighted by atomic mass is 10.2. The minimum absolute atomic E-state index is 0.161. The summed E-state index contributed by atoms with van der Waals surface area (Å²) < 4.78 is 5.62. The van der Waals surface area contributed by atoms with Crippen molar-refractivity contribution in [3.05, 3.63) is 24.0 Å². The predicted molar refractivity (Wildman–Crippen MR) is 64.4 cm³/mol. The van der Waals surface area contributed by atoms with Gasteiger partial charge in [-0.2, -0.15) is 0 Å². The van der Waals surface area contributed by atoms with Crippen LogP contribution in [0.25, 0.3) is 0 Å².